The summed E-state index contributed by atoms with van der Waals surface area (Å²) in [6.07, 6.45) is 7.96. The number of benzene rings is 2. The molecule has 1 heterocycles. The van der Waals surface area contributed by atoms with Gasteiger partial charge < -0.3 is 9.72 Å². The minimum atomic E-state index is 0.932. The Morgan fingerprint density at radius 3 is 2.78 bits per heavy atom. The zero-order chi connectivity index (χ0) is 15.6. The average Bonchev–Trinajstić information content (AvgIpc) is 3.15. The maximum absolute atomic E-state index is 5.32. The van der Waals surface area contributed by atoms with Gasteiger partial charge in [-0.1, -0.05) is 30.3 Å². The summed E-state index contributed by atoms with van der Waals surface area (Å²) < 4.78 is 5.32. The molecule has 0 spiro atoms. The molecule has 1 aliphatic carbocycles. The lowest BCUT2D eigenvalue weighted by molar-refractivity contribution is 0.414. The minimum Gasteiger partial charge on any atom is -0.497 e. The van der Waals surface area contributed by atoms with Crippen LogP contribution in [0.4, 0.5) is 0 Å². The van der Waals surface area contributed by atoms with Crippen LogP contribution in [0.2, 0.25) is 0 Å². The molecule has 3 aromatic rings. The van der Waals surface area contributed by atoms with Crippen molar-refractivity contribution in [3.63, 3.8) is 0 Å². The van der Waals surface area contributed by atoms with Crippen LogP contribution in [-0.2, 0) is 6.42 Å². The molecule has 0 aliphatic heterocycles. The molecule has 0 amide bonds. The van der Waals surface area contributed by atoms with E-state index in [1.807, 2.05) is 12.3 Å². The van der Waals surface area contributed by atoms with Crippen molar-refractivity contribution >= 4 is 11.6 Å². The van der Waals surface area contributed by atoms with E-state index in [4.69, 9.17) is 4.74 Å². The van der Waals surface area contributed by atoms with Gasteiger partial charge in [-0.2, -0.15) is 0 Å². The number of methoxy groups -OCH3 is 1. The van der Waals surface area contributed by atoms with Crippen LogP contribution in [0.3, 0.4) is 0 Å². The number of allylic oxidation sites excluding steroid dienone is 1. The summed E-state index contributed by atoms with van der Waals surface area (Å²) in [5.41, 5.74) is 7.52. The van der Waals surface area contributed by atoms with Gasteiger partial charge in [0.25, 0.3) is 0 Å². The van der Waals surface area contributed by atoms with Gasteiger partial charge in [-0.3, -0.25) is 0 Å². The molecule has 1 aromatic heterocycles. The van der Waals surface area contributed by atoms with Crippen molar-refractivity contribution in [2.75, 3.05) is 7.11 Å². The van der Waals surface area contributed by atoms with Crippen LogP contribution in [0.15, 0.2) is 55.0 Å². The van der Waals surface area contributed by atoms with E-state index >= 15 is 0 Å². The summed E-state index contributed by atoms with van der Waals surface area (Å²) in [7, 11) is 1.72. The van der Waals surface area contributed by atoms with Gasteiger partial charge in [0.2, 0.25) is 0 Å². The third-order valence-corrected chi connectivity index (χ3v) is 4.39. The molecule has 3 nitrogen and oxygen atoms in total. The van der Waals surface area contributed by atoms with Crippen LogP contribution >= 0.6 is 0 Å². The molecule has 2 aromatic carbocycles. The molecular formula is C20H18N2O. The second kappa shape index (κ2) is 5.76. The summed E-state index contributed by atoms with van der Waals surface area (Å²) in [5.74, 6) is 0.932. The van der Waals surface area contributed by atoms with Crippen LogP contribution in [0.1, 0.15) is 23.1 Å². The van der Waals surface area contributed by atoms with Crippen molar-refractivity contribution in [2.45, 2.75) is 12.8 Å². The Bertz CT molecular complexity index is 863. The van der Waals surface area contributed by atoms with Crippen molar-refractivity contribution in [3.05, 3.63) is 71.7 Å². The summed E-state index contributed by atoms with van der Waals surface area (Å²) in [6.45, 7) is 0. The number of rotatable bonds is 3. The quantitative estimate of drug-likeness (QED) is 0.769. The largest absolute Gasteiger partial charge is 0.497 e. The molecule has 1 aliphatic rings. The van der Waals surface area contributed by atoms with Crippen LogP contribution in [0.5, 0.6) is 5.75 Å². The second-order valence-corrected chi connectivity index (χ2v) is 5.78. The average molecular weight is 302 g/mol. The molecule has 0 saturated carbocycles. The fourth-order valence-electron chi connectivity index (χ4n) is 3.12. The number of hydrogen-bond donors (Lipinski definition) is 1. The van der Waals surface area contributed by atoms with Crippen molar-refractivity contribution < 1.29 is 4.74 Å². The fraction of sp³-hybridized carbons (Fsp3) is 0.150. The number of nitrogens with zero attached hydrogens (tertiary/aromatic N) is 1. The highest BCUT2D eigenvalue weighted by atomic mass is 16.5. The molecular weight excluding hydrogens is 284 g/mol. The Labute approximate surface area is 135 Å². The van der Waals surface area contributed by atoms with Crippen molar-refractivity contribution in [3.8, 4) is 17.0 Å². The SMILES string of the molecule is COc1ccc2c(c1)CCC(c1cccc(-c3cnc[nH]3)c1)=C2. The standard InChI is InChI=1S/C20H18N2O/c1-23-19-8-7-16-9-15(5-6-17(16)11-19)14-3-2-4-18(10-14)20-12-21-13-22-20/h2-4,7-13H,5-6H2,1H3,(H,21,22). The molecule has 0 bridgehead atoms. The summed E-state index contributed by atoms with van der Waals surface area (Å²) in [4.78, 5) is 7.27. The van der Waals surface area contributed by atoms with Gasteiger partial charge >= 0.3 is 0 Å². The maximum atomic E-state index is 5.32. The first-order valence-electron chi connectivity index (χ1n) is 7.80. The van der Waals surface area contributed by atoms with Crippen molar-refractivity contribution in [2.24, 2.45) is 0 Å². The number of ether oxygens (including phenoxy) is 1. The lowest BCUT2D eigenvalue weighted by Crippen LogP contribution is -2.00. The van der Waals surface area contributed by atoms with Gasteiger partial charge in [0.1, 0.15) is 5.75 Å². The molecule has 114 valence electrons. The van der Waals surface area contributed by atoms with Gasteiger partial charge in [0.05, 0.1) is 25.3 Å². The Balaban J connectivity index is 1.71. The summed E-state index contributed by atoms with van der Waals surface area (Å²) in [5, 5.41) is 0. The zero-order valence-electron chi connectivity index (χ0n) is 13.0. The van der Waals surface area contributed by atoms with Gasteiger partial charge in [-0.15, -0.1) is 0 Å². The highest BCUT2D eigenvalue weighted by Crippen LogP contribution is 2.33. The topological polar surface area (TPSA) is 37.9 Å². The Morgan fingerprint density at radius 1 is 1.04 bits per heavy atom. The summed E-state index contributed by atoms with van der Waals surface area (Å²) >= 11 is 0. The number of aryl methyl sites for hydroxylation is 1. The number of H-pyrrole nitrogens is 1. The highest BCUT2D eigenvalue weighted by Gasteiger charge is 2.13. The molecule has 0 fully saturated rings. The molecule has 1 N–H and O–H groups in total. The van der Waals surface area contributed by atoms with E-state index in [1.165, 1.54) is 27.8 Å². The fourth-order valence-corrected chi connectivity index (χ4v) is 3.12. The van der Waals surface area contributed by atoms with Gasteiger partial charge in [-0.25, -0.2) is 4.98 Å². The zero-order valence-corrected chi connectivity index (χ0v) is 13.0. The Hall–Kier alpha value is -2.81. The lowest BCUT2D eigenvalue weighted by Gasteiger charge is -2.18. The molecule has 23 heavy (non-hydrogen) atoms. The predicted octanol–water partition coefficient (Wildman–Crippen LogP) is 4.57. The molecule has 3 heteroatoms. The van der Waals surface area contributed by atoms with Crippen LogP contribution in [0, 0.1) is 0 Å². The van der Waals surface area contributed by atoms with Gasteiger partial charge in [-0.05, 0) is 53.3 Å². The number of nitrogens with one attached hydrogen (secondary N) is 1. The molecule has 0 atom stereocenters. The number of hydrogen-bond acceptors (Lipinski definition) is 2. The van der Waals surface area contributed by atoms with Crippen molar-refractivity contribution in [1.29, 1.82) is 0 Å². The minimum absolute atomic E-state index is 0.932. The normalized spacial score (nSPS) is 13.3. The number of aromatic nitrogens is 2. The maximum Gasteiger partial charge on any atom is 0.119 e. The monoisotopic (exact) mass is 302 g/mol. The third-order valence-electron chi connectivity index (χ3n) is 4.39. The van der Waals surface area contributed by atoms with E-state index in [1.54, 1.807) is 13.4 Å². The third kappa shape index (κ3) is 2.66. The first kappa shape index (κ1) is 13.8. The van der Waals surface area contributed by atoms with E-state index in [0.717, 1.165) is 24.3 Å². The first-order chi connectivity index (χ1) is 11.3. The van der Waals surface area contributed by atoms with E-state index < -0.39 is 0 Å². The van der Waals surface area contributed by atoms with Crippen molar-refractivity contribution in [1.82, 2.24) is 9.97 Å². The molecule has 0 unspecified atom stereocenters. The molecule has 0 saturated heterocycles. The Morgan fingerprint density at radius 2 is 1.96 bits per heavy atom. The number of aromatic amines is 1. The highest BCUT2D eigenvalue weighted by molar-refractivity contribution is 5.85. The van der Waals surface area contributed by atoms with E-state index in [0.29, 0.717) is 0 Å². The molecule has 0 radical (unpaired) electrons. The first-order valence-corrected chi connectivity index (χ1v) is 7.80. The van der Waals surface area contributed by atoms with E-state index in [-0.39, 0.29) is 0 Å². The van der Waals surface area contributed by atoms with Gasteiger partial charge in [0, 0.05) is 5.56 Å². The summed E-state index contributed by atoms with van der Waals surface area (Å²) in [6, 6.07) is 14.9. The van der Waals surface area contributed by atoms with E-state index in [9.17, 15) is 0 Å². The van der Waals surface area contributed by atoms with E-state index in [2.05, 4.69) is 52.4 Å². The molecule has 4 rings (SSSR count). The Kier molecular flexibility index (Phi) is 3.46. The lowest BCUT2D eigenvalue weighted by atomic mass is 9.88. The smallest absolute Gasteiger partial charge is 0.119 e. The number of imidazole rings is 1. The van der Waals surface area contributed by atoms with Crippen LogP contribution in [-0.4, -0.2) is 17.1 Å². The van der Waals surface area contributed by atoms with Gasteiger partial charge in [0.15, 0.2) is 0 Å². The second-order valence-electron chi connectivity index (χ2n) is 5.78. The number of fused-ring (bicyclic) bond motifs is 1. The van der Waals surface area contributed by atoms with Crippen LogP contribution < -0.4 is 4.74 Å². The predicted molar refractivity (Wildman–Crippen MR) is 93.2 cm³/mol. The van der Waals surface area contributed by atoms with Crippen LogP contribution in [0.25, 0.3) is 22.9 Å².